The Morgan fingerprint density at radius 1 is 1.47 bits per heavy atom. The van der Waals surface area contributed by atoms with E-state index in [4.69, 9.17) is 11.6 Å². The van der Waals surface area contributed by atoms with Gasteiger partial charge in [0.2, 0.25) is 0 Å². The maximum Gasteiger partial charge on any atom is 0.0926 e. The fraction of sp³-hybridized carbons (Fsp3) is 0.250. The zero-order valence-electron chi connectivity index (χ0n) is 9.34. The molecule has 2 rings (SSSR count). The predicted molar refractivity (Wildman–Crippen MR) is 78.0 cm³/mol. The number of aryl methyl sites for hydroxylation is 1. The van der Waals surface area contributed by atoms with Crippen LogP contribution >= 0.6 is 38.9 Å². The molecule has 0 aliphatic carbocycles. The number of thiazole rings is 1. The topological polar surface area (TPSA) is 24.9 Å². The molecule has 0 atom stereocenters. The van der Waals surface area contributed by atoms with Crippen LogP contribution < -0.4 is 5.32 Å². The van der Waals surface area contributed by atoms with Crippen molar-refractivity contribution in [2.24, 2.45) is 0 Å². The standard InChI is InChI=1S/C12H12BrClN2S/c1-2-12-16-9(7-17-12)6-15-11-5-8(13)3-4-10(11)14/h3-5,7,15H,2,6H2,1H3. The van der Waals surface area contributed by atoms with Crippen LogP contribution in [0.3, 0.4) is 0 Å². The van der Waals surface area contributed by atoms with Crippen LogP contribution in [0.25, 0.3) is 0 Å². The number of benzene rings is 1. The largest absolute Gasteiger partial charge is 0.378 e. The molecule has 0 fully saturated rings. The van der Waals surface area contributed by atoms with Gasteiger partial charge in [-0.2, -0.15) is 0 Å². The molecule has 90 valence electrons. The Hall–Kier alpha value is -0.580. The molecule has 0 unspecified atom stereocenters. The lowest BCUT2D eigenvalue weighted by atomic mass is 10.3. The molecule has 0 amide bonds. The maximum absolute atomic E-state index is 6.09. The van der Waals surface area contributed by atoms with Crippen LogP contribution in [0.5, 0.6) is 0 Å². The first-order chi connectivity index (χ1) is 8.19. The van der Waals surface area contributed by atoms with Crippen molar-refractivity contribution < 1.29 is 0 Å². The van der Waals surface area contributed by atoms with Gasteiger partial charge in [0.25, 0.3) is 0 Å². The van der Waals surface area contributed by atoms with Crippen LogP contribution in [0.2, 0.25) is 5.02 Å². The molecule has 0 aliphatic rings. The molecule has 0 spiro atoms. The Morgan fingerprint density at radius 2 is 2.29 bits per heavy atom. The highest BCUT2D eigenvalue weighted by Crippen LogP contribution is 2.26. The molecule has 0 aliphatic heterocycles. The summed E-state index contributed by atoms with van der Waals surface area (Å²) in [4.78, 5) is 4.50. The molecule has 0 saturated carbocycles. The Kier molecular flexibility index (Phi) is 4.42. The van der Waals surface area contributed by atoms with Crippen molar-refractivity contribution >= 4 is 44.6 Å². The third kappa shape index (κ3) is 3.44. The molecule has 2 aromatic rings. The average Bonchev–Trinajstić information content (AvgIpc) is 2.78. The molecule has 0 radical (unpaired) electrons. The summed E-state index contributed by atoms with van der Waals surface area (Å²) in [5.41, 5.74) is 1.98. The summed E-state index contributed by atoms with van der Waals surface area (Å²) in [7, 11) is 0. The molecule has 1 N–H and O–H groups in total. The van der Waals surface area contributed by atoms with E-state index in [1.807, 2.05) is 18.2 Å². The normalized spacial score (nSPS) is 10.5. The van der Waals surface area contributed by atoms with Crippen LogP contribution in [-0.2, 0) is 13.0 Å². The van der Waals surface area contributed by atoms with Crippen LogP contribution in [-0.4, -0.2) is 4.98 Å². The van der Waals surface area contributed by atoms with E-state index in [0.717, 1.165) is 27.3 Å². The van der Waals surface area contributed by atoms with Gasteiger partial charge in [0, 0.05) is 9.85 Å². The second-order valence-electron chi connectivity index (χ2n) is 3.56. The van der Waals surface area contributed by atoms with E-state index in [0.29, 0.717) is 6.54 Å². The minimum absolute atomic E-state index is 0.701. The van der Waals surface area contributed by atoms with Gasteiger partial charge >= 0.3 is 0 Å². The number of nitrogens with one attached hydrogen (secondary N) is 1. The second-order valence-corrected chi connectivity index (χ2v) is 5.83. The Balaban J connectivity index is 2.04. The van der Waals surface area contributed by atoms with E-state index < -0.39 is 0 Å². The van der Waals surface area contributed by atoms with E-state index >= 15 is 0 Å². The minimum atomic E-state index is 0.701. The minimum Gasteiger partial charge on any atom is -0.378 e. The highest BCUT2D eigenvalue weighted by Gasteiger charge is 2.03. The summed E-state index contributed by atoms with van der Waals surface area (Å²) in [6.45, 7) is 2.81. The zero-order chi connectivity index (χ0) is 12.3. The number of halogens is 2. The summed E-state index contributed by atoms with van der Waals surface area (Å²) < 4.78 is 1.01. The molecule has 1 aromatic heterocycles. The summed E-state index contributed by atoms with van der Waals surface area (Å²) in [6, 6.07) is 5.76. The molecule has 1 heterocycles. The number of rotatable bonds is 4. The van der Waals surface area contributed by atoms with Gasteiger partial charge in [0.15, 0.2) is 0 Å². The number of hydrogen-bond donors (Lipinski definition) is 1. The summed E-state index contributed by atoms with van der Waals surface area (Å²) >= 11 is 11.2. The third-order valence-electron chi connectivity index (χ3n) is 2.29. The van der Waals surface area contributed by atoms with E-state index in [2.05, 4.69) is 38.5 Å². The molecule has 0 bridgehead atoms. The number of aromatic nitrogens is 1. The summed E-state index contributed by atoms with van der Waals surface area (Å²) in [6.07, 6.45) is 0.988. The van der Waals surface area contributed by atoms with E-state index in [9.17, 15) is 0 Å². The van der Waals surface area contributed by atoms with Crippen molar-refractivity contribution in [1.82, 2.24) is 4.98 Å². The molecular weight excluding hydrogens is 320 g/mol. The third-order valence-corrected chi connectivity index (χ3v) is 4.15. The fourth-order valence-electron chi connectivity index (χ4n) is 1.41. The van der Waals surface area contributed by atoms with Crippen LogP contribution in [0.4, 0.5) is 5.69 Å². The van der Waals surface area contributed by atoms with Gasteiger partial charge < -0.3 is 5.32 Å². The zero-order valence-corrected chi connectivity index (χ0v) is 12.5. The predicted octanol–water partition coefficient (Wildman–Crippen LogP) is 4.73. The molecule has 17 heavy (non-hydrogen) atoms. The first-order valence-electron chi connectivity index (χ1n) is 5.31. The van der Waals surface area contributed by atoms with E-state index in [1.54, 1.807) is 11.3 Å². The van der Waals surface area contributed by atoms with Crippen molar-refractivity contribution in [1.29, 1.82) is 0 Å². The number of hydrogen-bond acceptors (Lipinski definition) is 3. The van der Waals surface area contributed by atoms with Gasteiger partial charge in [0.05, 0.1) is 28.0 Å². The number of anilines is 1. The lowest BCUT2D eigenvalue weighted by molar-refractivity contribution is 1.01. The lowest BCUT2D eigenvalue weighted by Gasteiger charge is -2.07. The van der Waals surface area contributed by atoms with Crippen LogP contribution in [0, 0.1) is 0 Å². The van der Waals surface area contributed by atoms with Gasteiger partial charge in [-0.3, -0.25) is 0 Å². The Morgan fingerprint density at radius 3 is 3.00 bits per heavy atom. The highest BCUT2D eigenvalue weighted by molar-refractivity contribution is 9.10. The fourth-order valence-corrected chi connectivity index (χ4v) is 2.70. The van der Waals surface area contributed by atoms with Gasteiger partial charge in [-0.25, -0.2) is 4.98 Å². The lowest BCUT2D eigenvalue weighted by Crippen LogP contribution is -2.00. The van der Waals surface area contributed by atoms with Crippen molar-refractivity contribution in [3.63, 3.8) is 0 Å². The summed E-state index contributed by atoms with van der Waals surface area (Å²) in [5.74, 6) is 0. The number of nitrogens with zero attached hydrogens (tertiary/aromatic N) is 1. The van der Waals surface area contributed by atoms with E-state index in [1.165, 1.54) is 5.01 Å². The van der Waals surface area contributed by atoms with Gasteiger partial charge in [-0.1, -0.05) is 34.5 Å². The van der Waals surface area contributed by atoms with Crippen LogP contribution in [0.15, 0.2) is 28.1 Å². The van der Waals surface area contributed by atoms with Crippen molar-refractivity contribution in [2.45, 2.75) is 19.9 Å². The molecular formula is C12H12BrClN2S. The first-order valence-corrected chi connectivity index (χ1v) is 7.36. The molecule has 0 saturated heterocycles. The van der Waals surface area contributed by atoms with Crippen LogP contribution in [0.1, 0.15) is 17.6 Å². The van der Waals surface area contributed by atoms with Gasteiger partial charge in [0.1, 0.15) is 0 Å². The Bertz CT molecular complexity index is 513. The second kappa shape index (κ2) is 5.85. The quantitative estimate of drug-likeness (QED) is 0.875. The van der Waals surface area contributed by atoms with Gasteiger partial charge in [-0.05, 0) is 24.6 Å². The molecule has 5 heteroatoms. The van der Waals surface area contributed by atoms with E-state index in [-0.39, 0.29) is 0 Å². The Labute approximate surface area is 118 Å². The monoisotopic (exact) mass is 330 g/mol. The SMILES string of the molecule is CCc1nc(CNc2cc(Br)ccc2Cl)cs1. The van der Waals surface area contributed by atoms with Gasteiger partial charge in [-0.15, -0.1) is 11.3 Å². The molecule has 2 nitrogen and oxygen atoms in total. The van der Waals surface area contributed by atoms with Crippen molar-refractivity contribution in [3.8, 4) is 0 Å². The average molecular weight is 332 g/mol. The molecule has 1 aromatic carbocycles. The maximum atomic E-state index is 6.09. The first kappa shape index (κ1) is 12.9. The van der Waals surface area contributed by atoms with Crippen molar-refractivity contribution in [3.05, 3.63) is 43.8 Å². The van der Waals surface area contributed by atoms with Crippen molar-refractivity contribution in [2.75, 3.05) is 5.32 Å². The smallest absolute Gasteiger partial charge is 0.0926 e. The highest BCUT2D eigenvalue weighted by atomic mass is 79.9. The summed E-state index contributed by atoms with van der Waals surface area (Å²) in [5, 5.41) is 7.26.